The van der Waals surface area contributed by atoms with Gasteiger partial charge in [-0.2, -0.15) is 0 Å². The Kier molecular flexibility index (Phi) is 7.76. The van der Waals surface area contributed by atoms with Crippen molar-refractivity contribution >= 4 is 10.9 Å². The first-order valence-corrected chi connectivity index (χ1v) is 13.4. The van der Waals surface area contributed by atoms with Crippen LogP contribution in [0.1, 0.15) is 67.2 Å². The third kappa shape index (κ3) is 5.81. The SMILES string of the molecule is CCc1ccc2[nH]c(=O)c(CN(Cc3ccc(C)cc3)[C@H](CC)c3nnnn3C[C@H]3CCCO3)cc2c1. The second kappa shape index (κ2) is 11.4. The van der Waals surface area contributed by atoms with Crippen molar-refractivity contribution in [1.82, 2.24) is 30.1 Å². The van der Waals surface area contributed by atoms with Crippen molar-refractivity contribution in [1.29, 1.82) is 0 Å². The van der Waals surface area contributed by atoms with Gasteiger partial charge in [-0.25, -0.2) is 4.68 Å². The molecule has 4 aromatic rings. The van der Waals surface area contributed by atoms with Crippen LogP contribution >= 0.6 is 0 Å². The summed E-state index contributed by atoms with van der Waals surface area (Å²) >= 11 is 0. The van der Waals surface area contributed by atoms with E-state index in [0.717, 1.165) is 54.6 Å². The second-order valence-electron chi connectivity index (χ2n) is 10.1. The fourth-order valence-corrected chi connectivity index (χ4v) is 5.23. The Morgan fingerprint density at radius 1 is 1.11 bits per heavy atom. The highest BCUT2D eigenvalue weighted by atomic mass is 16.5. The number of hydrogen-bond donors (Lipinski definition) is 1. The average molecular weight is 501 g/mol. The number of nitrogens with zero attached hydrogens (tertiary/aromatic N) is 5. The highest BCUT2D eigenvalue weighted by Crippen LogP contribution is 2.27. The monoisotopic (exact) mass is 500 g/mol. The molecule has 5 rings (SSSR count). The van der Waals surface area contributed by atoms with E-state index in [2.05, 4.69) is 82.6 Å². The molecular formula is C29H36N6O2. The van der Waals surface area contributed by atoms with Gasteiger partial charge in [0.25, 0.3) is 5.56 Å². The summed E-state index contributed by atoms with van der Waals surface area (Å²) in [7, 11) is 0. The molecule has 0 amide bonds. The van der Waals surface area contributed by atoms with Gasteiger partial charge < -0.3 is 9.72 Å². The maximum atomic E-state index is 13.2. The molecule has 1 aliphatic heterocycles. The quantitative estimate of drug-likeness (QED) is 0.339. The number of ether oxygens (including phenoxy) is 1. The lowest BCUT2D eigenvalue weighted by Gasteiger charge is -2.30. The highest BCUT2D eigenvalue weighted by molar-refractivity contribution is 5.79. The Balaban J connectivity index is 1.50. The number of pyridine rings is 1. The van der Waals surface area contributed by atoms with Gasteiger partial charge in [-0.05, 0) is 77.7 Å². The third-order valence-corrected chi connectivity index (χ3v) is 7.36. The molecule has 0 saturated carbocycles. The lowest BCUT2D eigenvalue weighted by Crippen LogP contribution is -2.33. The Morgan fingerprint density at radius 2 is 1.92 bits per heavy atom. The maximum absolute atomic E-state index is 13.2. The van der Waals surface area contributed by atoms with Crippen molar-refractivity contribution < 1.29 is 4.74 Å². The van der Waals surface area contributed by atoms with Gasteiger partial charge in [-0.1, -0.05) is 49.7 Å². The molecule has 3 heterocycles. The van der Waals surface area contributed by atoms with E-state index < -0.39 is 0 Å². The van der Waals surface area contributed by atoms with Gasteiger partial charge in [0.2, 0.25) is 0 Å². The van der Waals surface area contributed by atoms with E-state index in [4.69, 9.17) is 4.74 Å². The molecular weight excluding hydrogens is 464 g/mol. The predicted molar refractivity (Wildman–Crippen MR) is 144 cm³/mol. The van der Waals surface area contributed by atoms with Crippen molar-refractivity contribution in [2.75, 3.05) is 6.61 Å². The molecule has 1 fully saturated rings. The molecule has 2 aromatic carbocycles. The van der Waals surface area contributed by atoms with Crippen LogP contribution < -0.4 is 5.56 Å². The van der Waals surface area contributed by atoms with Crippen LogP contribution in [0.15, 0.2) is 53.3 Å². The molecule has 0 bridgehead atoms. The maximum Gasteiger partial charge on any atom is 0.252 e. The van der Waals surface area contributed by atoms with Gasteiger partial charge in [0.05, 0.1) is 18.7 Å². The van der Waals surface area contributed by atoms with Crippen LogP contribution in [0.25, 0.3) is 10.9 Å². The lowest BCUT2D eigenvalue weighted by atomic mass is 10.0. The van der Waals surface area contributed by atoms with Crippen LogP contribution in [-0.4, -0.2) is 42.8 Å². The fraction of sp³-hybridized carbons (Fsp3) is 0.448. The van der Waals surface area contributed by atoms with Crippen LogP contribution in [0.2, 0.25) is 0 Å². The van der Waals surface area contributed by atoms with E-state index >= 15 is 0 Å². The number of aromatic nitrogens is 5. The number of aromatic amines is 1. The van der Waals surface area contributed by atoms with E-state index in [1.807, 2.05) is 16.8 Å². The predicted octanol–water partition coefficient (Wildman–Crippen LogP) is 4.72. The summed E-state index contributed by atoms with van der Waals surface area (Å²) in [6, 6.07) is 16.8. The molecule has 2 aromatic heterocycles. The summed E-state index contributed by atoms with van der Waals surface area (Å²) in [6.45, 7) is 8.99. The van der Waals surface area contributed by atoms with E-state index in [0.29, 0.717) is 19.6 Å². The molecule has 0 unspecified atom stereocenters. The largest absolute Gasteiger partial charge is 0.376 e. The van der Waals surface area contributed by atoms with Crippen LogP contribution in [0.4, 0.5) is 0 Å². The fourth-order valence-electron chi connectivity index (χ4n) is 5.23. The highest BCUT2D eigenvalue weighted by Gasteiger charge is 2.28. The van der Waals surface area contributed by atoms with Crippen molar-refractivity contribution in [3.05, 3.63) is 87.0 Å². The van der Waals surface area contributed by atoms with Crippen LogP contribution in [0.3, 0.4) is 0 Å². The minimum atomic E-state index is -0.0604. The number of fused-ring (bicyclic) bond motifs is 1. The van der Waals surface area contributed by atoms with E-state index in [-0.39, 0.29) is 17.7 Å². The molecule has 1 saturated heterocycles. The summed E-state index contributed by atoms with van der Waals surface area (Å²) in [5.41, 5.74) is 5.21. The molecule has 194 valence electrons. The summed E-state index contributed by atoms with van der Waals surface area (Å²) in [5.74, 6) is 0.815. The number of nitrogens with one attached hydrogen (secondary N) is 1. The van der Waals surface area contributed by atoms with Gasteiger partial charge >= 0.3 is 0 Å². The van der Waals surface area contributed by atoms with Crippen molar-refractivity contribution in [2.45, 2.75) is 78.2 Å². The molecule has 0 spiro atoms. The normalized spacial score (nSPS) is 16.6. The average Bonchev–Trinajstić information content (AvgIpc) is 3.59. The van der Waals surface area contributed by atoms with Crippen LogP contribution in [0, 0.1) is 6.92 Å². The van der Waals surface area contributed by atoms with Crippen LogP contribution in [0.5, 0.6) is 0 Å². The summed E-state index contributed by atoms with van der Waals surface area (Å²) < 4.78 is 7.75. The Morgan fingerprint density at radius 3 is 2.65 bits per heavy atom. The van der Waals surface area contributed by atoms with Crippen molar-refractivity contribution in [2.24, 2.45) is 0 Å². The molecule has 8 heteroatoms. The van der Waals surface area contributed by atoms with E-state index in [1.165, 1.54) is 16.7 Å². The zero-order valence-corrected chi connectivity index (χ0v) is 22.0. The van der Waals surface area contributed by atoms with Crippen molar-refractivity contribution in [3.63, 3.8) is 0 Å². The lowest BCUT2D eigenvalue weighted by molar-refractivity contribution is 0.0888. The topological polar surface area (TPSA) is 88.9 Å². The van der Waals surface area contributed by atoms with E-state index in [9.17, 15) is 4.79 Å². The van der Waals surface area contributed by atoms with Gasteiger partial charge in [0, 0.05) is 30.8 Å². The zero-order valence-electron chi connectivity index (χ0n) is 22.0. The number of benzene rings is 2. The molecule has 37 heavy (non-hydrogen) atoms. The molecule has 1 N–H and O–H groups in total. The molecule has 0 aliphatic carbocycles. The molecule has 8 nitrogen and oxygen atoms in total. The summed E-state index contributed by atoms with van der Waals surface area (Å²) in [6.07, 6.45) is 4.00. The van der Waals surface area contributed by atoms with Gasteiger partial charge in [-0.15, -0.1) is 5.10 Å². The molecule has 2 atom stereocenters. The van der Waals surface area contributed by atoms with Crippen LogP contribution in [-0.2, 0) is 30.8 Å². The third-order valence-electron chi connectivity index (χ3n) is 7.36. The second-order valence-corrected chi connectivity index (χ2v) is 10.1. The van der Waals surface area contributed by atoms with Gasteiger partial charge in [-0.3, -0.25) is 9.69 Å². The van der Waals surface area contributed by atoms with Crippen molar-refractivity contribution in [3.8, 4) is 0 Å². The standard InChI is InChI=1S/C29H36N6O2/c1-4-21-12-13-26-23(15-21)16-24(29(36)30-26)18-34(17-22-10-8-20(3)9-11-22)27(5-2)28-31-32-33-35(28)19-25-7-6-14-37-25/h8-13,15-16,25,27H,4-7,14,17-19H2,1-3H3,(H,30,36)/t25-,27-/m1/s1. The molecule has 1 aliphatic rings. The number of aryl methyl sites for hydroxylation is 2. The minimum absolute atomic E-state index is 0.0561. The first-order chi connectivity index (χ1) is 18.0. The Labute approximate surface area is 217 Å². The Hall–Kier alpha value is -3.36. The summed E-state index contributed by atoms with van der Waals surface area (Å²) in [5, 5.41) is 13.9. The first-order valence-electron chi connectivity index (χ1n) is 13.4. The molecule has 0 radical (unpaired) electrons. The Bertz CT molecular complexity index is 1390. The minimum Gasteiger partial charge on any atom is -0.376 e. The number of H-pyrrole nitrogens is 1. The number of hydrogen-bond acceptors (Lipinski definition) is 6. The number of rotatable bonds is 10. The zero-order chi connectivity index (χ0) is 25.8. The summed E-state index contributed by atoms with van der Waals surface area (Å²) in [4.78, 5) is 18.6. The number of tetrazole rings is 1. The van der Waals surface area contributed by atoms with Gasteiger partial charge in [0.15, 0.2) is 5.82 Å². The van der Waals surface area contributed by atoms with Gasteiger partial charge in [0.1, 0.15) is 0 Å². The first kappa shape index (κ1) is 25.3. The smallest absolute Gasteiger partial charge is 0.252 e. The van der Waals surface area contributed by atoms with E-state index in [1.54, 1.807) is 0 Å².